The molecule has 5 bridgehead atoms. The molecule has 0 radical (unpaired) electrons. The smallest absolute Gasteiger partial charge is 0.0541 e. The Morgan fingerprint density at radius 3 is 1.98 bits per heavy atom. The van der Waals surface area contributed by atoms with Crippen LogP contribution in [0.15, 0.2) is 152 Å². The molecule has 1 heterocycles. The van der Waals surface area contributed by atoms with E-state index in [0.29, 0.717) is 10.8 Å². The molecule has 12 rings (SSSR count). The standard InChI is InChI=1S/C47H40N2/c1-45-30-46(29-33-27-28-47(45,31-46)44(33)45)39-18-8-12-22-43(39)48(34-13-3-2-4-14-34)35-25-23-32(24-26-35)36-15-5-9-19-40(36)49-41-20-10-6-16-37(41)38-17-7-11-21-42(38)49/h2-26,33,44H,27-31H2,1H3/t33-,44?,45?,46?,47?/m1/s1. The number of hydrogen-bond acceptors (Lipinski definition) is 1. The summed E-state index contributed by atoms with van der Waals surface area (Å²) in [4.78, 5) is 2.53. The van der Waals surface area contributed by atoms with Gasteiger partial charge in [0.25, 0.3) is 0 Å². The average molecular weight is 633 g/mol. The Morgan fingerprint density at radius 1 is 0.612 bits per heavy atom. The largest absolute Gasteiger partial charge is 0.310 e. The van der Waals surface area contributed by atoms with Gasteiger partial charge in [-0.15, -0.1) is 0 Å². The molecule has 6 aromatic carbocycles. The lowest BCUT2D eigenvalue weighted by Crippen LogP contribution is -2.37. The summed E-state index contributed by atoms with van der Waals surface area (Å²) >= 11 is 0. The van der Waals surface area contributed by atoms with Crippen molar-refractivity contribution in [3.05, 3.63) is 157 Å². The van der Waals surface area contributed by atoms with E-state index >= 15 is 0 Å². The summed E-state index contributed by atoms with van der Waals surface area (Å²) in [5, 5.41) is 2.57. The lowest BCUT2D eigenvalue weighted by molar-refractivity contribution is 0.163. The second-order valence-electron chi connectivity index (χ2n) is 15.8. The fraction of sp³-hybridized carbons (Fsp3) is 0.234. The van der Waals surface area contributed by atoms with Gasteiger partial charge in [0.2, 0.25) is 0 Å². The van der Waals surface area contributed by atoms with Gasteiger partial charge >= 0.3 is 0 Å². The molecule has 0 saturated heterocycles. The van der Waals surface area contributed by atoms with E-state index in [1.54, 1.807) is 5.56 Å². The number of benzene rings is 6. The van der Waals surface area contributed by atoms with Crippen molar-refractivity contribution in [3.63, 3.8) is 0 Å². The number of fused-ring (bicyclic) bond motifs is 3. The van der Waals surface area contributed by atoms with Crippen molar-refractivity contribution in [2.75, 3.05) is 4.90 Å². The molecule has 7 aromatic rings. The molecule has 5 saturated carbocycles. The highest BCUT2D eigenvalue weighted by Gasteiger charge is 2.86. The Balaban J connectivity index is 1.04. The van der Waals surface area contributed by atoms with Gasteiger partial charge in [-0.05, 0) is 120 Å². The summed E-state index contributed by atoms with van der Waals surface area (Å²) in [7, 11) is 0. The van der Waals surface area contributed by atoms with E-state index in [4.69, 9.17) is 0 Å². The molecule has 1 spiro atoms. The zero-order chi connectivity index (χ0) is 32.4. The van der Waals surface area contributed by atoms with Gasteiger partial charge in [-0.25, -0.2) is 0 Å². The van der Waals surface area contributed by atoms with Crippen LogP contribution in [0.25, 0.3) is 38.6 Å². The van der Waals surface area contributed by atoms with Gasteiger partial charge < -0.3 is 9.47 Å². The second kappa shape index (κ2) is 9.76. The van der Waals surface area contributed by atoms with Gasteiger partial charge in [-0.3, -0.25) is 0 Å². The van der Waals surface area contributed by atoms with Gasteiger partial charge in [0, 0.05) is 33.4 Å². The maximum atomic E-state index is 2.64. The highest BCUT2D eigenvalue weighted by molar-refractivity contribution is 6.09. The van der Waals surface area contributed by atoms with E-state index in [2.05, 4.69) is 168 Å². The van der Waals surface area contributed by atoms with Crippen LogP contribution in [0.1, 0.15) is 44.6 Å². The highest BCUT2D eigenvalue weighted by atomic mass is 15.1. The predicted octanol–water partition coefficient (Wildman–Crippen LogP) is 12.4. The number of aromatic nitrogens is 1. The molecule has 2 heteroatoms. The maximum Gasteiger partial charge on any atom is 0.0541 e. The molecule has 238 valence electrons. The van der Waals surface area contributed by atoms with E-state index in [1.165, 1.54) is 87.8 Å². The normalized spacial score (nSPS) is 27.5. The SMILES string of the molecule is CC12CC3(c4ccccc4N(c4ccccc4)c4ccc(-c5ccccc5-n5c6ccccc6c6ccccc65)cc4)C[C@H]4CCC1(C3)C42. The summed E-state index contributed by atoms with van der Waals surface area (Å²) in [5.41, 5.74) is 12.9. The third-order valence-corrected chi connectivity index (χ3v) is 13.7. The Labute approximate surface area is 288 Å². The van der Waals surface area contributed by atoms with E-state index in [0.717, 1.165) is 11.8 Å². The van der Waals surface area contributed by atoms with Crippen molar-refractivity contribution in [1.29, 1.82) is 0 Å². The van der Waals surface area contributed by atoms with E-state index in [-0.39, 0.29) is 5.41 Å². The minimum absolute atomic E-state index is 0.287. The van der Waals surface area contributed by atoms with E-state index < -0.39 is 0 Å². The van der Waals surface area contributed by atoms with Crippen LogP contribution >= 0.6 is 0 Å². The molecular weight excluding hydrogens is 593 g/mol. The van der Waals surface area contributed by atoms with Crippen molar-refractivity contribution in [3.8, 4) is 16.8 Å². The Hall–Kier alpha value is -5.08. The minimum Gasteiger partial charge on any atom is -0.310 e. The van der Waals surface area contributed by atoms with Crippen LogP contribution in [0.3, 0.4) is 0 Å². The molecule has 49 heavy (non-hydrogen) atoms. The topological polar surface area (TPSA) is 8.17 Å². The van der Waals surface area contributed by atoms with Gasteiger partial charge in [0.05, 0.1) is 16.7 Å². The van der Waals surface area contributed by atoms with Crippen LogP contribution in [-0.2, 0) is 5.41 Å². The summed E-state index contributed by atoms with van der Waals surface area (Å²) < 4.78 is 2.44. The summed E-state index contributed by atoms with van der Waals surface area (Å²) in [6.45, 7) is 2.64. The van der Waals surface area contributed by atoms with Gasteiger partial charge in [0.15, 0.2) is 0 Å². The molecule has 4 unspecified atom stereocenters. The average Bonchev–Trinajstić information content (AvgIpc) is 3.38. The fourth-order valence-electron chi connectivity index (χ4n) is 12.1. The highest BCUT2D eigenvalue weighted by Crippen LogP contribution is 2.92. The summed E-state index contributed by atoms with van der Waals surface area (Å²) in [6.07, 6.45) is 7.02. The van der Waals surface area contributed by atoms with Crippen molar-refractivity contribution in [2.45, 2.75) is 44.4 Å². The first kappa shape index (κ1) is 27.8. The zero-order valence-electron chi connectivity index (χ0n) is 28.0. The first-order valence-electron chi connectivity index (χ1n) is 18.2. The van der Waals surface area contributed by atoms with Crippen LogP contribution in [-0.4, -0.2) is 4.57 Å². The van der Waals surface area contributed by atoms with Gasteiger partial charge in [0.1, 0.15) is 0 Å². The van der Waals surface area contributed by atoms with E-state index in [9.17, 15) is 0 Å². The van der Waals surface area contributed by atoms with E-state index in [1.807, 2.05) is 0 Å². The van der Waals surface area contributed by atoms with Crippen LogP contribution in [0.2, 0.25) is 0 Å². The Morgan fingerprint density at radius 2 is 1.24 bits per heavy atom. The first-order chi connectivity index (χ1) is 24.1. The van der Waals surface area contributed by atoms with Crippen molar-refractivity contribution >= 4 is 38.9 Å². The predicted molar refractivity (Wildman–Crippen MR) is 203 cm³/mol. The lowest BCUT2D eigenvalue weighted by atomic mass is 9.61. The third kappa shape index (κ3) is 3.62. The van der Waals surface area contributed by atoms with Gasteiger partial charge in [-0.2, -0.15) is 0 Å². The molecule has 1 aromatic heterocycles. The van der Waals surface area contributed by atoms with Crippen LogP contribution < -0.4 is 4.90 Å². The first-order valence-corrected chi connectivity index (χ1v) is 18.2. The molecule has 0 aliphatic heterocycles. The molecule has 5 fully saturated rings. The summed E-state index contributed by atoms with van der Waals surface area (Å²) in [5.74, 6) is 1.91. The fourth-order valence-corrected chi connectivity index (χ4v) is 12.1. The van der Waals surface area contributed by atoms with Crippen molar-refractivity contribution in [2.24, 2.45) is 22.7 Å². The third-order valence-electron chi connectivity index (χ3n) is 13.7. The Bertz CT molecular complexity index is 2370. The van der Waals surface area contributed by atoms with Crippen LogP contribution in [0, 0.1) is 22.7 Å². The number of hydrogen-bond donors (Lipinski definition) is 0. The molecular formula is C47H40N2. The van der Waals surface area contributed by atoms with Crippen molar-refractivity contribution < 1.29 is 0 Å². The van der Waals surface area contributed by atoms with Crippen molar-refractivity contribution in [1.82, 2.24) is 4.57 Å². The second-order valence-corrected chi connectivity index (χ2v) is 15.8. The van der Waals surface area contributed by atoms with Gasteiger partial charge in [-0.1, -0.05) is 110 Å². The molecule has 2 nitrogen and oxygen atoms in total. The van der Waals surface area contributed by atoms with Crippen LogP contribution in [0.4, 0.5) is 17.1 Å². The monoisotopic (exact) mass is 632 g/mol. The maximum absolute atomic E-state index is 2.64. The molecule has 0 N–H and O–H groups in total. The lowest BCUT2D eigenvalue weighted by Gasteiger charge is -2.44. The van der Waals surface area contributed by atoms with Crippen LogP contribution in [0.5, 0.6) is 0 Å². The minimum atomic E-state index is 0.287. The molecule has 0 amide bonds. The summed E-state index contributed by atoms with van der Waals surface area (Å²) in [6, 6.07) is 56.2. The Kier molecular flexibility index (Phi) is 5.54. The number of nitrogens with zero attached hydrogens (tertiary/aromatic N) is 2. The zero-order valence-corrected chi connectivity index (χ0v) is 28.0. The number of rotatable bonds is 6. The quantitative estimate of drug-likeness (QED) is 0.177. The molecule has 5 aliphatic carbocycles. The molecule has 5 atom stereocenters. The number of para-hydroxylation sites is 5. The number of anilines is 3. The molecule has 5 aliphatic rings.